The number of pyridine rings is 1. The third-order valence-corrected chi connectivity index (χ3v) is 7.26. The molecule has 0 saturated heterocycles. The Morgan fingerprint density at radius 3 is 2.44 bits per heavy atom. The summed E-state index contributed by atoms with van der Waals surface area (Å²) < 4.78 is 0. The van der Waals surface area contributed by atoms with E-state index in [0.29, 0.717) is 12.2 Å². The number of para-hydroxylation sites is 1. The van der Waals surface area contributed by atoms with Gasteiger partial charge in [-0.2, -0.15) is 0 Å². The zero-order chi connectivity index (χ0) is 22.4. The lowest BCUT2D eigenvalue weighted by atomic mass is 9.80. The van der Waals surface area contributed by atoms with E-state index in [1.54, 1.807) is 18.0 Å². The summed E-state index contributed by atoms with van der Waals surface area (Å²) in [7, 11) is 0. The highest BCUT2D eigenvalue weighted by atomic mass is 32.2. The fourth-order valence-electron chi connectivity index (χ4n) is 3.89. The number of amides is 1. The van der Waals surface area contributed by atoms with E-state index in [0.717, 1.165) is 23.0 Å². The molecule has 0 bridgehead atoms. The SMILES string of the molecule is CCC(CSc1ccc(C)cc1)(Cc1ccccc1)C(=O)Nc1cccc2cccnc12. The van der Waals surface area contributed by atoms with E-state index in [1.807, 2.05) is 48.5 Å². The Labute approximate surface area is 194 Å². The van der Waals surface area contributed by atoms with Crippen LogP contribution in [0.5, 0.6) is 0 Å². The number of carbonyl (C=O) groups excluding carboxylic acids is 1. The summed E-state index contributed by atoms with van der Waals surface area (Å²) in [6.07, 6.45) is 3.19. The van der Waals surface area contributed by atoms with Gasteiger partial charge in [-0.15, -0.1) is 11.8 Å². The van der Waals surface area contributed by atoms with Gasteiger partial charge < -0.3 is 5.32 Å². The molecule has 0 saturated carbocycles. The van der Waals surface area contributed by atoms with E-state index in [2.05, 4.69) is 60.5 Å². The molecule has 1 amide bonds. The molecule has 0 aliphatic heterocycles. The lowest BCUT2D eigenvalue weighted by Gasteiger charge is -2.31. The van der Waals surface area contributed by atoms with E-state index < -0.39 is 5.41 Å². The van der Waals surface area contributed by atoms with Crippen LogP contribution in [-0.2, 0) is 11.2 Å². The second kappa shape index (κ2) is 10.0. The Morgan fingerprint density at radius 2 is 1.69 bits per heavy atom. The second-order valence-corrected chi connectivity index (χ2v) is 9.28. The molecule has 3 nitrogen and oxygen atoms in total. The van der Waals surface area contributed by atoms with Crippen LogP contribution in [0.4, 0.5) is 5.69 Å². The van der Waals surface area contributed by atoms with Crippen molar-refractivity contribution in [1.29, 1.82) is 0 Å². The van der Waals surface area contributed by atoms with Gasteiger partial charge >= 0.3 is 0 Å². The molecule has 1 heterocycles. The van der Waals surface area contributed by atoms with E-state index >= 15 is 0 Å². The van der Waals surface area contributed by atoms with Crippen LogP contribution in [0.2, 0.25) is 0 Å². The normalized spacial score (nSPS) is 12.9. The van der Waals surface area contributed by atoms with Gasteiger partial charge in [0, 0.05) is 22.2 Å². The van der Waals surface area contributed by atoms with E-state index in [1.165, 1.54) is 16.0 Å². The van der Waals surface area contributed by atoms with Crippen LogP contribution < -0.4 is 5.32 Å². The summed E-state index contributed by atoms with van der Waals surface area (Å²) in [5.41, 5.74) is 3.44. The molecule has 32 heavy (non-hydrogen) atoms. The summed E-state index contributed by atoms with van der Waals surface area (Å²) in [6.45, 7) is 4.20. The zero-order valence-corrected chi connectivity index (χ0v) is 19.4. The first-order chi connectivity index (χ1) is 15.6. The monoisotopic (exact) mass is 440 g/mol. The molecular formula is C28H28N2OS. The topological polar surface area (TPSA) is 42.0 Å². The molecule has 0 aliphatic carbocycles. The Morgan fingerprint density at radius 1 is 0.938 bits per heavy atom. The van der Waals surface area contributed by atoms with E-state index in [4.69, 9.17) is 0 Å². The van der Waals surface area contributed by atoms with Gasteiger partial charge in [-0.05, 0) is 49.6 Å². The summed E-state index contributed by atoms with van der Waals surface area (Å²) in [4.78, 5) is 19.5. The van der Waals surface area contributed by atoms with Crippen molar-refractivity contribution in [1.82, 2.24) is 4.98 Å². The van der Waals surface area contributed by atoms with Crippen LogP contribution in [0.3, 0.4) is 0 Å². The highest BCUT2D eigenvalue weighted by molar-refractivity contribution is 7.99. The first-order valence-corrected chi connectivity index (χ1v) is 12.0. The average molecular weight is 441 g/mol. The first-order valence-electron chi connectivity index (χ1n) is 11.0. The van der Waals surface area contributed by atoms with Gasteiger partial charge in [0.1, 0.15) is 0 Å². The molecule has 3 aromatic carbocycles. The molecule has 4 rings (SSSR count). The summed E-state index contributed by atoms with van der Waals surface area (Å²) >= 11 is 1.75. The number of hydrogen-bond donors (Lipinski definition) is 1. The molecule has 4 heteroatoms. The maximum atomic E-state index is 13.8. The highest BCUT2D eigenvalue weighted by Crippen LogP contribution is 2.36. The van der Waals surface area contributed by atoms with Gasteiger partial charge in [-0.3, -0.25) is 9.78 Å². The predicted molar refractivity (Wildman–Crippen MR) is 135 cm³/mol. The van der Waals surface area contributed by atoms with Crippen LogP contribution in [0.25, 0.3) is 10.9 Å². The van der Waals surface area contributed by atoms with E-state index in [-0.39, 0.29) is 5.91 Å². The van der Waals surface area contributed by atoms with Crippen molar-refractivity contribution in [3.63, 3.8) is 0 Å². The Bertz CT molecular complexity index is 1190. The number of benzene rings is 3. The number of carbonyl (C=O) groups is 1. The summed E-state index contributed by atoms with van der Waals surface area (Å²) in [5.74, 6) is 0.743. The summed E-state index contributed by atoms with van der Waals surface area (Å²) in [5, 5.41) is 4.25. The van der Waals surface area contributed by atoms with Crippen molar-refractivity contribution in [3.8, 4) is 0 Å². The molecule has 4 aromatic rings. The number of aryl methyl sites for hydroxylation is 1. The largest absolute Gasteiger partial charge is 0.324 e. The van der Waals surface area contributed by atoms with Crippen molar-refractivity contribution >= 4 is 34.3 Å². The van der Waals surface area contributed by atoms with Gasteiger partial charge in [0.2, 0.25) is 5.91 Å². The second-order valence-electron chi connectivity index (χ2n) is 8.23. The van der Waals surface area contributed by atoms with Crippen molar-refractivity contribution in [2.75, 3.05) is 11.1 Å². The van der Waals surface area contributed by atoms with Gasteiger partial charge in [0.15, 0.2) is 0 Å². The number of hydrogen-bond acceptors (Lipinski definition) is 3. The van der Waals surface area contributed by atoms with Gasteiger partial charge in [0.25, 0.3) is 0 Å². The third kappa shape index (κ3) is 5.03. The van der Waals surface area contributed by atoms with Crippen LogP contribution >= 0.6 is 11.8 Å². The molecule has 0 radical (unpaired) electrons. The molecule has 0 spiro atoms. The Hall–Kier alpha value is -3.11. The van der Waals surface area contributed by atoms with Crippen LogP contribution in [0.15, 0.2) is 96.0 Å². The summed E-state index contributed by atoms with van der Waals surface area (Å²) in [6, 6.07) is 28.7. The smallest absolute Gasteiger partial charge is 0.231 e. The van der Waals surface area contributed by atoms with Gasteiger partial charge in [0.05, 0.1) is 16.6 Å². The maximum Gasteiger partial charge on any atom is 0.231 e. The minimum absolute atomic E-state index is 0.0432. The quantitative estimate of drug-likeness (QED) is 0.303. The number of aromatic nitrogens is 1. The molecule has 162 valence electrons. The zero-order valence-electron chi connectivity index (χ0n) is 18.5. The maximum absolute atomic E-state index is 13.8. The van der Waals surface area contributed by atoms with Crippen molar-refractivity contribution in [3.05, 3.63) is 102 Å². The molecule has 1 unspecified atom stereocenters. The van der Waals surface area contributed by atoms with Crippen LogP contribution in [0, 0.1) is 12.3 Å². The molecular weight excluding hydrogens is 412 g/mol. The van der Waals surface area contributed by atoms with Crippen molar-refractivity contribution < 1.29 is 4.79 Å². The number of nitrogens with zero attached hydrogens (tertiary/aromatic N) is 1. The average Bonchev–Trinajstić information content (AvgIpc) is 2.83. The first kappa shape index (κ1) is 22.1. The molecule has 1 atom stereocenters. The standard InChI is InChI=1S/C28H28N2OS/c1-3-28(19-22-9-5-4-6-10-22,20-32-24-16-14-21(2)15-17-24)27(31)30-25-13-7-11-23-12-8-18-29-26(23)25/h4-18H,3,19-20H2,1-2H3,(H,30,31). The van der Waals surface area contributed by atoms with Crippen molar-refractivity contribution in [2.45, 2.75) is 31.6 Å². The highest BCUT2D eigenvalue weighted by Gasteiger charge is 2.37. The predicted octanol–water partition coefficient (Wildman–Crippen LogP) is 6.91. The number of fused-ring (bicyclic) bond motifs is 1. The number of thioether (sulfide) groups is 1. The van der Waals surface area contributed by atoms with Gasteiger partial charge in [-0.1, -0.05) is 73.2 Å². The van der Waals surface area contributed by atoms with Crippen LogP contribution in [0.1, 0.15) is 24.5 Å². The molecule has 0 aliphatic rings. The molecule has 1 N–H and O–H groups in total. The minimum atomic E-state index is -0.548. The molecule has 1 aromatic heterocycles. The fourth-order valence-corrected chi connectivity index (χ4v) is 5.10. The van der Waals surface area contributed by atoms with Gasteiger partial charge in [-0.25, -0.2) is 0 Å². The van der Waals surface area contributed by atoms with Crippen LogP contribution in [-0.4, -0.2) is 16.6 Å². The van der Waals surface area contributed by atoms with E-state index in [9.17, 15) is 4.79 Å². The minimum Gasteiger partial charge on any atom is -0.324 e. The number of nitrogens with one attached hydrogen (secondary N) is 1. The number of anilines is 1. The van der Waals surface area contributed by atoms with Crippen molar-refractivity contribution in [2.24, 2.45) is 5.41 Å². The fraction of sp³-hybridized carbons (Fsp3) is 0.214. The molecule has 0 fully saturated rings. The number of rotatable bonds is 8. The lowest BCUT2D eigenvalue weighted by molar-refractivity contribution is -0.124. The lowest BCUT2D eigenvalue weighted by Crippen LogP contribution is -2.40. The Balaban J connectivity index is 1.64. The Kier molecular flexibility index (Phi) is 6.91. The third-order valence-electron chi connectivity index (χ3n) is 5.96.